The summed E-state index contributed by atoms with van der Waals surface area (Å²) in [4.78, 5) is 37.3. The van der Waals surface area contributed by atoms with Gasteiger partial charge in [0.25, 0.3) is 5.60 Å². The first-order valence-corrected chi connectivity index (χ1v) is 11.9. The van der Waals surface area contributed by atoms with Crippen LogP contribution in [0, 0.1) is 0 Å². The number of unbranched alkanes of at least 4 members (excludes halogenated alkanes) is 3. The maximum atomic E-state index is 12.4. The molecule has 0 saturated carbocycles. The topological polar surface area (TPSA) is 108 Å². The first kappa shape index (κ1) is 29.9. The molecule has 1 aromatic rings. The number of halogens is 2. The Balaban J connectivity index is 2.68. The van der Waals surface area contributed by atoms with Crippen LogP contribution in [0.5, 0.6) is 0 Å². The molecule has 0 aliphatic heterocycles. The van der Waals surface area contributed by atoms with Crippen molar-refractivity contribution in [2.75, 3.05) is 26.4 Å². The van der Waals surface area contributed by atoms with E-state index < -0.39 is 29.6 Å². The Hall–Kier alpha value is -2.13. The van der Waals surface area contributed by atoms with Gasteiger partial charge in [-0.1, -0.05) is 47.8 Å². The largest absolute Gasteiger partial charge is 0.464 e. The Kier molecular flexibility index (Phi) is 13.8. The van der Waals surface area contributed by atoms with Crippen molar-refractivity contribution in [1.82, 2.24) is 0 Å². The summed E-state index contributed by atoms with van der Waals surface area (Å²) in [5.41, 5.74) is -2.03. The summed E-state index contributed by atoms with van der Waals surface area (Å²) in [5.74, 6) is -3.73. The van der Waals surface area contributed by atoms with Gasteiger partial charge in [0.05, 0.1) is 29.9 Å². The first-order valence-electron chi connectivity index (χ1n) is 11.2. The second kappa shape index (κ2) is 15.7. The number of allylic oxidation sites excluding steroid dienone is 1. The Labute approximate surface area is 210 Å². The number of hydrogen-bond donors (Lipinski definition) is 1. The maximum absolute atomic E-state index is 12.4. The van der Waals surface area contributed by atoms with Crippen LogP contribution in [-0.4, -0.2) is 61.1 Å². The average Bonchev–Trinajstić information content (AvgIpc) is 2.80. The first-order chi connectivity index (χ1) is 16.2. The van der Waals surface area contributed by atoms with Gasteiger partial charge >= 0.3 is 17.9 Å². The van der Waals surface area contributed by atoms with Gasteiger partial charge in [-0.25, -0.2) is 14.4 Å². The zero-order valence-electron chi connectivity index (χ0n) is 19.7. The summed E-state index contributed by atoms with van der Waals surface area (Å²) in [6.07, 6.45) is 4.88. The predicted molar refractivity (Wildman–Crippen MR) is 129 cm³/mol. The van der Waals surface area contributed by atoms with Gasteiger partial charge in [-0.15, -0.1) is 0 Å². The zero-order chi connectivity index (χ0) is 25.6. The van der Waals surface area contributed by atoms with Gasteiger partial charge in [-0.3, -0.25) is 0 Å². The third kappa shape index (κ3) is 8.91. The number of rotatable bonds is 15. The fourth-order valence-electron chi connectivity index (χ4n) is 2.93. The summed E-state index contributed by atoms with van der Waals surface area (Å²) in [6.45, 7) is 4.28. The zero-order valence-corrected chi connectivity index (χ0v) is 21.2. The van der Waals surface area contributed by atoms with Crippen LogP contribution in [0.2, 0.25) is 10.0 Å². The van der Waals surface area contributed by atoms with E-state index >= 15 is 0 Å². The van der Waals surface area contributed by atoms with Crippen LogP contribution in [0.4, 0.5) is 0 Å². The highest BCUT2D eigenvalue weighted by Crippen LogP contribution is 2.24. The van der Waals surface area contributed by atoms with Crippen molar-refractivity contribution in [3.05, 3.63) is 39.9 Å². The van der Waals surface area contributed by atoms with E-state index in [9.17, 15) is 19.5 Å². The summed E-state index contributed by atoms with van der Waals surface area (Å²) < 4.78 is 20.0. The maximum Gasteiger partial charge on any atom is 0.353 e. The van der Waals surface area contributed by atoms with Gasteiger partial charge in [-0.2, -0.15) is 0 Å². The van der Waals surface area contributed by atoms with Crippen molar-refractivity contribution in [3.8, 4) is 0 Å². The van der Waals surface area contributed by atoms with E-state index in [1.54, 1.807) is 19.1 Å². The molecule has 0 heterocycles. The second-order valence-corrected chi connectivity index (χ2v) is 7.95. The standard InChI is InChI=1S/C24H32Cl2O8/c1-4-31-21(27)20(24(30,22(28)32-5-2)23(29)33-6-3)34-15-11-9-7-8-10-12-17-13-14-18(25)19(26)16-17/h10,12-14,16,20,30H,4-9,11,15H2,1-3H3. The Morgan fingerprint density at radius 3 is 2.12 bits per heavy atom. The molecule has 34 heavy (non-hydrogen) atoms. The van der Waals surface area contributed by atoms with E-state index in [0.717, 1.165) is 24.8 Å². The number of benzene rings is 1. The third-order valence-electron chi connectivity index (χ3n) is 4.61. The van der Waals surface area contributed by atoms with E-state index in [1.165, 1.54) is 13.8 Å². The smallest absolute Gasteiger partial charge is 0.353 e. The van der Waals surface area contributed by atoms with Crippen LogP contribution >= 0.6 is 23.2 Å². The van der Waals surface area contributed by atoms with Gasteiger partial charge in [0.1, 0.15) is 0 Å². The van der Waals surface area contributed by atoms with Crippen LogP contribution in [0.1, 0.15) is 52.0 Å². The van der Waals surface area contributed by atoms with Crippen molar-refractivity contribution in [2.24, 2.45) is 0 Å². The molecule has 0 saturated heterocycles. The number of aliphatic hydroxyl groups is 1. The van der Waals surface area contributed by atoms with Gasteiger partial charge in [0.2, 0.25) is 6.10 Å². The van der Waals surface area contributed by atoms with Gasteiger partial charge in [-0.05, 0) is 57.7 Å². The lowest BCUT2D eigenvalue weighted by molar-refractivity contribution is -0.208. The fourth-order valence-corrected chi connectivity index (χ4v) is 3.24. The molecule has 0 radical (unpaired) electrons. The normalized spacial score (nSPS) is 12.4. The van der Waals surface area contributed by atoms with Crippen LogP contribution in [0.25, 0.3) is 6.08 Å². The summed E-state index contributed by atoms with van der Waals surface area (Å²) >= 11 is 11.9. The highest BCUT2D eigenvalue weighted by molar-refractivity contribution is 6.42. The minimum absolute atomic E-state index is 0.00110. The number of hydrogen-bond acceptors (Lipinski definition) is 8. The monoisotopic (exact) mass is 518 g/mol. The minimum Gasteiger partial charge on any atom is -0.464 e. The Morgan fingerprint density at radius 2 is 1.56 bits per heavy atom. The van der Waals surface area contributed by atoms with Crippen molar-refractivity contribution in [2.45, 2.75) is 58.2 Å². The molecule has 1 unspecified atom stereocenters. The van der Waals surface area contributed by atoms with Crippen molar-refractivity contribution in [3.63, 3.8) is 0 Å². The van der Waals surface area contributed by atoms with Crippen LogP contribution in [-0.2, 0) is 33.3 Å². The van der Waals surface area contributed by atoms with Crippen LogP contribution in [0.3, 0.4) is 0 Å². The van der Waals surface area contributed by atoms with E-state index in [0.29, 0.717) is 16.5 Å². The molecule has 1 atom stereocenters. The molecule has 1 N–H and O–H groups in total. The summed E-state index contributed by atoms with van der Waals surface area (Å²) in [5, 5.41) is 11.9. The molecular formula is C24H32Cl2O8. The SMILES string of the molecule is CCOC(=O)C(OCCCCCC=Cc1ccc(Cl)c(Cl)c1)C(O)(C(=O)OCC)C(=O)OCC. The lowest BCUT2D eigenvalue weighted by atomic mass is 9.96. The van der Waals surface area contributed by atoms with E-state index in [2.05, 4.69) is 0 Å². The molecule has 0 spiro atoms. The van der Waals surface area contributed by atoms with Gasteiger partial charge in [0, 0.05) is 6.61 Å². The highest BCUT2D eigenvalue weighted by Gasteiger charge is 2.58. The van der Waals surface area contributed by atoms with Crippen molar-refractivity contribution in [1.29, 1.82) is 0 Å². The lowest BCUT2D eigenvalue weighted by Crippen LogP contribution is -2.61. The minimum atomic E-state index is -2.97. The summed E-state index contributed by atoms with van der Waals surface area (Å²) in [6, 6.07) is 5.37. The Bertz CT molecular complexity index is 822. The van der Waals surface area contributed by atoms with Crippen molar-refractivity contribution >= 4 is 47.2 Å². The number of carbonyl (C=O) groups is 3. The molecule has 0 amide bonds. The van der Waals surface area contributed by atoms with Gasteiger partial charge < -0.3 is 24.1 Å². The number of esters is 3. The second-order valence-electron chi connectivity index (χ2n) is 7.14. The van der Waals surface area contributed by atoms with E-state index in [-0.39, 0.29) is 26.4 Å². The quantitative estimate of drug-likeness (QED) is 0.158. The molecule has 0 aromatic heterocycles. The molecule has 10 heteroatoms. The van der Waals surface area contributed by atoms with Crippen LogP contribution in [0.15, 0.2) is 24.3 Å². The molecular weight excluding hydrogens is 487 g/mol. The average molecular weight is 519 g/mol. The molecule has 0 aliphatic carbocycles. The fraction of sp³-hybridized carbons (Fsp3) is 0.542. The van der Waals surface area contributed by atoms with Crippen molar-refractivity contribution < 1.29 is 38.4 Å². The lowest BCUT2D eigenvalue weighted by Gasteiger charge is -2.30. The van der Waals surface area contributed by atoms with Gasteiger partial charge in [0.15, 0.2) is 0 Å². The van der Waals surface area contributed by atoms with Crippen LogP contribution < -0.4 is 0 Å². The molecule has 1 rings (SSSR count). The van der Waals surface area contributed by atoms with E-state index in [1.807, 2.05) is 18.2 Å². The number of ether oxygens (including phenoxy) is 4. The molecule has 0 aliphatic rings. The predicted octanol–water partition coefficient (Wildman–Crippen LogP) is 4.37. The molecule has 0 fully saturated rings. The third-order valence-corrected chi connectivity index (χ3v) is 5.35. The highest BCUT2D eigenvalue weighted by atomic mass is 35.5. The summed E-state index contributed by atoms with van der Waals surface area (Å²) in [7, 11) is 0. The Morgan fingerprint density at radius 1 is 0.941 bits per heavy atom. The molecule has 1 aromatic carbocycles. The van der Waals surface area contributed by atoms with E-state index in [4.69, 9.17) is 42.1 Å². The molecule has 0 bridgehead atoms. The number of carbonyl (C=O) groups excluding carboxylic acids is 3. The molecule has 8 nitrogen and oxygen atoms in total. The molecule has 190 valence electrons.